The van der Waals surface area contributed by atoms with E-state index in [1.807, 2.05) is 4.90 Å². The minimum atomic E-state index is -1.12. The lowest BCUT2D eigenvalue weighted by Crippen LogP contribution is -2.33. The Bertz CT molecular complexity index is 493. The monoisotopic (exact) mass is 329 g/mol. The molecule has 1 N–H and O–H groups in total. The molecule has 1 atom stereocenters. The van der Waals surface area contributed by atoms with Crippen molar-refractivity contribution in [1.82, 2.24) is 0 Å². The summed E-state index contributed by atoms with van der Waals surface area (Å²) in [7, 11) is 0. The summed E-state index contributed by atoms with van der Waals surface area (Å²) in [5, 5.41) is 8.98. The third-order valence-electron chi connectivity index (χ3n) is 3.65. The van der Waals surface area contributed by atoms with E-state index < -0.39 is 11.8 Å². The molecule has 0 spiro atoms. The van der Waals surface area contributed by atoms with Crippen LogP contribution < -0.4 is 4.90 Å². The van der Waals surface area contributed by atoms with E-state index in [2.05, 4.69) is 22.9 Å². The van der Waals surface area contributed by atoms with E-state index in [9.17, 15) is 9.18 Å². The highest BCUT2D eigenvalue weighted by Crippen LogP contribution is 2.32. The maximum atomic E-state index is 14.4. The van der Waals surface area contributed by atoms with Gasteiger partial charge in [-0.2, -0.15) is 0 Å². The highest BCUT2D eigenvalue weighted by atomic mass is 79.9. The lowest BCUT2D eigenvalue weighted by atomic mass is 10.1. The van der Waals surface area contributed by atoms with Gasteiger partial charge in [0.15, 0.2) is 5.82 Å². The van der Waals surface area contributed by atoms with Crippen LogP contribution in [-0.2, 0) is 0 Å². The molecule has 0 aliphatic carbocycles. The first kappa shape index (κ1) is 14.3. The van der Waals surface area contributed by atoms with Crippen LogP contribution in [0.3, 0.4) is 0 Å². The number of aromatic carboxylic acids is 1. The number of carbonyl (C=O) groups is 1. The van der Waals surface area contributed by atoms with E-state index in [-0.39, 0.29) is 16.1 Å². The van der Waals surface area contributed by atoms with Gasteiger partial charge in [0.1, 0.15) is 0 Å². The third kappa shape index (κ3) is 2.91. The molecule has 2 rings (SSSR count). The summed E-state index contributed by atoms with van der Waals surface area (Å²) in [5.41, 5.74) is 0.454. The van der Waals surface area contributed by atoms with E-state index in [0.29, 0.717) is 5.69 Å². The fourth-order valence-corrected chi connectivity index (χ4v) is 3.06. The summed E-state index contributed by atoms with van der Waals surface area (Å²) in [4.78, 5) is 13.0. The van der Waals surface area contributed by atoms with E-state index in [4.69, 9.17) is 5.11 Å². The molecular formula is C14H17BrFNO2. The van der Waals surface area contributed by atoms with Crippen LogP contribution in [0.15, 0.2) is 16.6 Å². The number of rotatable bonds is 2. The van der Waals surface area contributed by atoms with Crippen LogP contribution in [-0.4, -0.2) is 23.7 Å². The first-order valence-electron chi connectivity index (χ1n) is 6.50. The average Bonchev–Trinajstić information content (AvgIpc) is 2.57. The van der Waals surface area contributed by atoms with Gasteiger partial charge in [-0.1, -0.05) is 12.8 Å². The molecule has 1 saturated heterocycles. The molecule has 1 unspecified atom stereocenters. The van der Waals surface area contributed by atoms with Crippen molar-refractivity contribution in [3.8, 4) is 0 Å². The number of hydrogen-bond acceptors (Lipinski definition) is 2. The molecule has 19 heavy (non-hydrogen) atoms. The van der Waals surface area contributed by atoms with Crippen LogP contribution in [0.5, 0.6) is 0 Å². The number of halogens is 2. The number of anilines is 1. The van der Waals surface area contributed by atoms with Crippen molar-refractivity contribution in [2.75, 3.05) is 11.4 Å². The van der Waals surface area contributed by atoms with Crippen molar-refractivity contribution in [2.45, 2.75) is 38.6 Å². The van der Waals surface area contributed by atoms with Gasteiger partial charge in [-0.3, -0.25) is 0 Å². The van der Waals surface area contributed by atoms with Gasteiger partial charge >= 0.3 is 5.97 Å². The van der Waals surface area contributed by atoms with Crippen molar-refractivity contribution in [3.05, 3.63) is 28.0 Å². The molecule has 0 saturated carbocycles. The zero-order chi connectivity index (χ0) is 14.0. The Morgan fingerprint density at radius 2 is 2.16 bits per heavy atom. The summed E-state index contributed by atoms with van der Waals surface area (Å²) < 4.78 is 14.4. The second-order valence-corrected chi connectivity index (χ2v) is 5.75. The van der Waals surface area contributed by atoms with E-state index in [0.717, 1.165) is 32.2 Å². The molecule has 0 bridgehead atoms. The average molecular weight is 330 g/mol. The van der Waals surface area contributed by atoms with Crippen LogP contribution in [0, 0.1) is 5.82 Å². The van der Waals surface area contributed by atoms with Crippen LogP contribution >= 0.6 is 15.9 Å². The van der Waals surface area contributed by atoms with Crippen molar-refractivity contribution in [3.63, 3.8) is 0 Å². The number of nitrogens with zero attached hydrogens (tertiary/aromatic N) is 1. The smallest absolute Gasteiger partial charge is 0.336 e. The molecule has 0 radical (unpaired) electrons. The molecule has 1 aromatic rings. The van der Waals surface area contributed by atoms with Gasteiger partial charge in [0.05, 0.1) is 15.7 Å². The Hall–Kier alpha value is -1.10. The Kier molecular flexibility index (Phi) is 4.45. The van der Waals surface area contributed by atoms with E-state index in [1.165, 1.54) is 6.07 Å². The third-order valence-corrected chi connectivity index (χ3v) is 4.43. The summed E-state index contributed by atoms with van der Waals surface area (Å²) in [6.45, 7) is 2.90. The van der Waals surface area contributed by atoms with Crippen LogP contribution in [0.4, 0.5) is 10.1 Å². The summed E-state index contributed by atoms with van der Waals surface area (Å²) in [6, 6.07) is 3.31. The van der Waals surface area contributed by atoms with Gasteiger partial charge in [0, 0.05) is 12.6 Å². The molecule has 1 aromatic carbocycles. The maximum absolute atomic E-state index is 14.4. The molecule has 104 valence electrons. The Balaban J connectivity index is 2.39. The van der Waals surface area contributed by atoms with Crippen molar-refractivity contribution in [2.24, 2.45) is 0 Å². The second-order valence-electron chi connectivity index (χ2n) is 4.96. The molecule has 1 fully saturated rings. The number of carboxylic acid groups (broad SMARTS) is 1. The van der Waals surface area contributed by atoms with Gasteiger partial charge in [0.2, 0.25) is 0 Å². The quantitative estimate of drug-likeness (QED) is 0.889. The van der Waals surface area contributed by atoms with E-state index >= 15 is 0 Å². The maximum Gasteiger partial charge on any atom is 0.336 e. The normalized spacial score (nSPS) is 20.2. The minimum Gasteiger partial charge on any atom is -0.478 e. The molecule has 0 aromatic heterocycles. The van der Waals surface area contributed by atoms with Gasteiger partial charge in [-0.05, 0) is 47.8 Å². The molecule has 0 amide bonds. The molecule has 1 aliphatic rings. The number of carboxylic acids is 1. The lowest BCUT2D eigenvalue weighted by molar-refractivity contribution is 0.0695. The van der Waals surface area contributed by atoms with Gasteiger partial charge in [-0.25, -0.2) is 9.18 Å². The summed E-state index contributed by atoms with van der Waals surface area (Å²) >= 11 is 3.06. The molecule has 1 heterocycles. The van der Waals surface area contributed by atoms with Crippen LogP contribution in [0.25, 0.3) is 0 Å². The first-order chi connectivity index (χ1) is 9.02. The Morgan fingerprint density at radius 3 is 2.84 bits per heavy atom. The number of benzene rings is 1. The SMILES string of the molecule is CC1CCCCCN1c1ccc(C(=O)O)c(Br)c1F. The molecular weight excluding hydrogens is 313 g/mol. The highest BCUT2D eigenvalue weighted by molar-refractivity contribution is 9.10. The predicted molar refractivity (Wildman–Crippen MR) is 76.3 cm³/mol. The number of hydrogen-bond donors (Lipinski definition) is 1. The van der Waals surface area contributed by atoms with Gasteiger partial charge in [-0.15, -0.1) is 0 Å². The van der Waals surface area contributed by atoms with Crippen LogP contribution in [0.1, 0.15) is 43.0 Å². The van der Waals surface area contributed by atoms with Crippen LogP contribution in [0.2, 0.25) is 0 Å². The molecule has 3 nitrogen and oxygen atoms in total. The summed E-state index contributed by atoms with van der Waals surface area (Å²) in [5.74, 6) is -1.60. The van der Waals surface area contributed by atoms with Gasteiger partial charge < -0.3 is 10.0 Å². The van der Waals surface area contributed by atoms with Gasteiger partial charge in [0.25, 0.3) is 0 Å². The second kappa shape index (κ2) is 5.90. The zero-order valence-electron chi connectivity index (χ0n) is 10.8. The first-order valence-corrected chi connectivity index (χ1v) is 7.29. The topological polar surface area (TPSA) is 40.5 Å². The molecule has 5 heteroatoms. The standard InChI is InChI=1S/C14H17BrFNO2/c1-9-5-3-2-4-8-17(9)11-7-6-10(14(18)19)12(15)13(11)16/h6-7,9H,2-5,8H2,1H3,(H,18,19). The Labute approximate surface area is 120 Å². The Morgan fingerprint density at radius 1 is 1.42 bits per heavy atom. The fourth-order valence-electron chi connectivity index (χ4n) is 2.56. The van der Waals surface area contributed by atoms with Crippen molar-refractivity contribution < 1.29 is 14.3 Å². The highest BCUT2D eigenvalue weighted by Gasteiger charge is 2.23. The van der Waals surface area contributed by atoms with E-state index in [1.54, 1.807) is 6.07 Å². The fraction of sp³-hybridized carbons (Fsp3) is 0.500. The largest absolute Gasteiger partial charge is 0.478 e. The minimum absolute atomic E-state index is 0.0361. The predicted octanol–water partition coefficient (Wildman–Crippen LogP) is 4.06. The van der Waals surface area contributed by atoms with Crippen molar-refractivity contribution in [1.29, 1.82) is 0 Å². The molecule has 1 aliphatic heterocycles. The van der Waals surface area contributed by atoms with Crippen molar-refractivity contribution >= 4 is 27.6 Å². The zero-order valence-corrected chi connectivity index (χ0v) is 12.4. The summed E-state index contributed by atoms with van der Waals surface area (Å²) in [6.07, 6.45) is 4.41. The lowest BCUT2D eigenvalue weighted by Gasteiger charge is -2.30.